The van der Waals surface area contributed by atoms with Crippen LogP contribution in [-0.4, -0.2) is 30.4 Å². The Morgan fingerprint density at radius 2 is 1.74 bits per heavy atom. The molecule has 0 fully saturated rings. The van der Waals surface area contributed by atoms with Crippen LogP contribution in [0.3, 0.4) is 0 Å². The number of pyridine rings is 1. The minimum absolute atomic E-state index is 0.110. The molecule has 2 N–H and O–H groups in total. The quantitative estimate of drug-likeness (QED) is 0.215. The number of hydrogen-bond acceptors (Lipinski definition) is 5. The fraction of sp³-hybridized carbons (Fsp3) is 0.333. The van der Waals surface area contributed by atoms with Crippen molar-refractivity contribution >= 4 is 29.3 Å². The van der Waals surface area contributed by atoms with Crippen molar-refractivity contribution in [1.82, 2.24) is 29.7 Å². The molecule has 9 heteroatoms. The molecule has 0 spiro atoms. The first-order valence-electron chi connectivity index (χ1n) is 14.4. The summed E-state index contributed by atoms with van der Waals surface area (Å²) in [6, 6.07) is 22.3. The SMILES string of the molecule is Cc1ccc(-n2nc(C(C)(C)C)cc2NC(=O)NC2C[C@H](Sc3ccc4nnc(C(C)C)n4c3)c3ccccc32)cc1. The summed E-state index contributed by atoms with van der Waals surface area (Å²) in [4.78, 5) is 14.6. The summed E-state index contributed by atoms with van der Waals surface area (Å²) in [6.45, 7) is 12.7. The summed E-state index contributed by atoms with van der Waals surface area (Å²) >= 11 is 1.81. The van der Waals surface area contributed by atoms with Gasteiger partial charge in [-0.1, -0.05) is 76.6 Å². The maximum Gasteiger partial charge on any atom is 0.320 e. The number of rotatable bonds is 6. The summed E-state index contributed by atoms with van der Waals surface area (Å²) in [7, 11) is 0. The van der Waals surface area contributed by atoms with Crippen molar-refractivity contribution in [2.45, 2.75) is 75.5 Å². The second-order valence-corrected chi connectivity index (χ2v) is 13.6. The molecule has 0 saturated heterocycles. The molecule has 0 saturated carbocycles. The summed E-state index contributed by atoms with van der Waals surface area (Å²) in [5.41, 5.74) is 6.07. The van der Waals surface area contributed by atoms with Gasteiger partial charge in [0.2, 0.25) is 0 Å². The largest absolute Gasteiger partial charge is 0.331 e. The van der Waals surface area contributed by atoms with Gasteiger partial charge in [0.05, 0.1) is 17.4 Å². The van der Waals surface area contributed by atoms with Crippen LogP contribution in [-0.2, 0) is 5.41 Å². The number of carbonyl (C=O) groups is 1. The lowest BCUT2D eigenvalue weighted by molar-refractivity contribution is 0.248. The number of nitrogens with one attached hydrogen (secondary N) is 2. The number of anilines is 1. The number of urea groups is 1. The van der Waals surface area contributed by atoms with E-state index in [-0.39, 0.29) is 28.7 Å². The van der Waals surface area contributed by atoms with Gasteiger partial charge >= 0.3 is 6.03 Å². The van der Waals surface area contributed by atoms with Crippen LogP contribution >= 0.6 is 11.8 Å². The number of carbonyl (C=O) groups excluding carboxylic acids is 1. The van der Waals surface area contributed by atoms with Gasteiger partial charge in [-0.05, 0) is 48.7 Å². The van der Waals surface area contributed by atoms with Crippen molar-refractivity contribution in [3.8, 4) is 5.69 Å². The Hall–Kier alpha value is -4.11. The zero-order valence-electron chi connectivity index (χ0n) is 24.9. The fourth-order valence-electron chi connectivity index (χ4n) is 5.38. The Bertz CT molecular complexity index is 1750. The third-order valence-corrected chi connectivity index (χ3v) is 8.91. The first-order chi connectivity index (χ1) is 20.1. The van der Waals surface area contributed by atoms with E-state index in [4.69, 9.17) is 5.10 Å². The van der Waals surface area contributed by atoms with Crippen molar-refractivity contribution in [3.05, 3.63) is 101 Å². The zero-order chi connectivity index (χ0) is 29.6. The van der Waals surface area contributed by atoms with Crippen molar-refractivity contribution < 1.29 is 4.79 Å². The number of hydrogen-bond donors (Lipinski definition) is 2. The number of aryl methyl sites for hydroxylation is 1. The second-order valence-electron chi connectivity index (χ2n) is 12.3. The highest BCUT2D eigenvalue weighted by atomic mass is 32.2. The molecule has 0 bridgehead atoms. The Morgan fingerprint density at radius 1 is 1.00 bits per heavy atom. The highest BCUT2D eigenvalue weighted by molar-refractivity contribution is 7.99. The van der Waals surface area contributed by atoms with Gasteiger partial charge in [-0.25, -0.2) is 9.48 Å². The van der Waals surface area contributed by atoms with Crippen molar-refractivity contribution in [2.75, 3.05) is 5.32 Å². The van der Waals surface area contributed by atoms with E-state index in [0.717, 1.165) is 39.7 Å². The average molecular weight is 580 g/mol. The van der Waals surface area contributed by atoms with Crippen LogP contribution in [0.1, 0.15) is 86.5 Å². The molecule has 1 aliphatic rings. The Labute approximate surface area is 250 Å². The van der Waals surface area contributed by atoms with Crippen LogP contribution in [0.4, 0.5) is 10.6 Å². The van der Waals surface area contributed by atoms with Crippen LogP contribution in [0.5, 0.6) is 0 Å². The zero-order valence-corrected chi connectivity index (χ0v) is 25.7. The minimum Gasteiger partial charge on any atom is -0.331 e. The van der Waals surface area contributed by atoms with Crippen LogP contribution in [0, 0.1) is 6.92 Å². The fourth-order valence-corrected chi connectivity index (χ4v) is 6.66. The average Bonchev–Trinajstić information content (AvgIpc) is 3.65. The van der Waals surface area contributed by atoms with Crippen molar-refractivity contribution in [1.29, 1.82) is 0 Å². The van der Waals surface area contributed by atoms with E-state index in [0.29, 0.717) is 5.82 Å². The van der Waals surface area contributed by atoms with E-state index >= 15 is 0 Å². The first-order valence-corrected chi connectivity index (χ1v) is 15.3. The molecule has 2 aromatic carbocycles. The predicted octanol–water partition coefficient (Wildman–Crippen LogP) is 7.74. The maximum atomic E-state index is 13.5. The van der Waals surface area contributed by atoms with Gasteiger partial charge in [0.25, 0.3) is 0 Å². The number of thioether (sulfide) groups is 1. The summed E-state index contributed by atoms with van der Waals surface area (Å²) in [5.74, 6) is 1.87. The molecule has 2 amide bonds. The number of aromatic nitrogens is 5. The Balaban J connectivity index is 1.22. The lowest BCUT2D eigenvalue weighted by Gasteiger charge is -2.16. The smallest absolute Gasteiger partial charge is 0.320 e. The highest BCUT2D eigenvalue weighted by Gasteiger charge is 2.33. The minimum atomic E-state index is -0.248. The van der Waals surface area contributed by atoms with E-state index < -0.39 is 0 Å². The van der Waals surface area contributed by atoms with E-state index in [2.05, 4.69) is 109 Å². The van der Waals surface area contributed by atoms with Gasteiger partial charge in [-0.15, -0.1) is 22.0 Å². The molecule has 1 aliphatic carbocycles. The van der Waals surface area contributed by atoms with E-state index in [1.54, 1.807) is 0 Å². The molecule has 5 aromatic rings. The molecule has 6 rings (SSSR count). The maximum absolute atomic E-state index is 13.5. The first kappa shape index (κ1) is 28.0. The molecule has 3 heterocycles. The number of benzene rings is 2. The van der Waals surface area contributed by atoms with Crippen molar-refractivity contribution in [3.63, 3.8) is 0 Å². The summed E-state index contributed by atoms with van der Waals surface area (Å²) in [6.07, 6.45) is 2.92. The second kappa shape index (κ2) is 10.9. The third-order valence-electron chi connectivity index (χ3n) is 7.67. The van der Waals surface area contributed by atoms with E-state index in [9.17, 15) is 4.79 Å². The number of nitrogens with zero attached hydrogens (tertiary/aromatic N) is 5. The molecule has 8 nitrogen and oxygen atoms in total. The van der Waals surface area contributed by atoms with Crippen LogP contribution in [0.25, 0.3) is 11.3 Å². The lowest BCUT2D eigenvalue weighted by atomic mass is 9.92. The van der Waals surface area contributed by atoms with Gasteiger partial charge in [-0.3, -0.25) is 9.72 Å². The molecular weight excluding hydrogens is 542 g/mol. The normalized spacial score (nSPS) is 16.6. The van der Waals surface area contributed by atoms with Gasteiger partial charge in [0, 0.05) is 33.7 Å². The predicted molar refractivity (Wildman–Crippen MR) is 169 cm³/mol. The van der Waals surface area contributed by atoms with Gasteiger partial charge < -0.3 is 5.32 Å². The van der Waals surface area contributed by atoms with Crippen LogP contribution in [0.15, 0.2) is 77.8 Å². The molecule has 0 aliphatic heterocycles. The number of fused-ring (bicyclic) bond motifs is 2. The highest BCUT2D eigenvalue weighted by Crippen LogP contribution is 2.49. The number of amides is 2. The van der Waals surface area contributed by atoms with Gasteiger partial charge in [0.15, 0.2) is 5.65 Å². The van der Waals surface area contributed by atoms with Crippen molar-refractivity contribution in [2.24, 2.45) is 0 Å². The standard InChI is InChI=1S/C33H37N7OS/c1-20(2)31-37-36-29-16-15-23(19-39(29)31)42-27-17-26(24-9-7-8-10-25(24)27)34-32(41)35-30-18-28(33(4,5)6)38-40(30)22-13-11-21(3)12-14-22/h7-16,18-20,26-27H,17H2,1-6H3,(H2,34,35,41)/t26?,27-/m0/s1. The van der Waals surface area contributed by atoms with Crippen LogP contribution < -0.4 is 10.6 Å². The Kier molecular flexibility index (Phi) is 7.30. The molecule has 3 aromatic heterocycles. The molecule has 216 valence electrons. The lowest BCUT2D eigenvalue weighted by Crippen LogP contribution is -2.32. The molecule has 42 heavy (non-hydrogen) atoms. The summed E-state index contributed by atoms with van der Waals surface area (Å²) < 4.78 is 3.90. The topological polar surface area (TPSA) is 89.1 Å². The summed E-state index contributed by atoms with van der Waals surface area (Å²) in [5, 5.41) is 20.1. The van der Waals surface area contributed by atoms with Gasteiger partial charge in [0.1, 0.15) is 11.6 Å². The van der Waals surface area contributed by atoms with E-state index in [1.165, 1.54) is 11.1 Å². The van der Waals surface area contributed by atoms with E-state index in [1.807, 2.05) is 46.8 Å². The molecule has 2 atom stereocenters. The molecule has 1 unspecified atom stereocenters. The van der Waals surface area contributed by atoms with Gasteiger partial charge in [-0.2, -0.15) is 5.10 Å². The molecular formula is C33H37N7OS. The monoisotopic (exact) mass is 579 g/mol. The van der Waals surface area contributed by atoms with Crippen LogP contribution in [0.2, 0.25) is 0 Å². The molecule has 0 radical (unpaired) electrons. The Morgan fingerprint density at radius 3 is 2.45 bits per heavy atom. The third kappa shape index (κ3) is 5.53.